The average molecular weight is 447 g/mol. The molecule has 2 aromatic carbocycles. The van der Waals surface area contributed by atoms with E-state index in [9.17, 15) is 9.59 Å². The van der Waals surface area contributed by atoms with Crippen LogP contribution in [-0.4, -0.2) is 51.3 Å². The number of carbonyl (C=O) groups excluding carboxylic acids is 2. The van der Waals surface area contributed by atoms with E-state index in [1.807, 2.05) is 30.3 Å². The summed E-state index contributed by atoms with van der Waals surface area (Å²) in [7, 11) is 0. The number of hydrogen-bond donors (Lipinski definition) is 3. The molecule has 0 aliphatic carbocycles. The van der Waals surface area contributed by atoms with E-state index in [-0.39, 0.29) is 29.9 Å². The predicted molar refractivity (Wildman–Crippen MR) is 124 cm³/mol. The van der Waals surface area contributed by atoms with E-state index in [1.165, 1.54) is 12.2 Å². The van der Waals surface area contributed by atoms with Crippen molar-refractivity contribution in [3.05, 3.63) is 72.3 Å². The molecule has 9 nitrogen and oxygen atoms in total. The largest absolute Gasteiger partial charge is 0.457 e. The van der Waals surface area contributed by atoms with E-state index in [4.69, 9.17) is 21.3 Å². The molecule has 170 valence electrons. The summed E-state index contributed by atoms with van der Waals surface area (Å²) >= 11 is 0. The highest BCUT2D eigenvalue weighted by molar-refractivity contribution is 6.03. The summed E-state index contributed by atoms with van der Waals surface area (Å²) in [6, 6.07) is 16.4. The fourth-order valence-corrected chi connectivity index (χ4v) is 3.88. The lowest BCUT2D eigenvalue weighted by molar-refractivity contribution is -0.125. The number of hydrogen-bond acceptors (Lipinski definition) is 6. The van der Waals surface area contributed by atoms with Crippen LogP contribution < -0.4 is 16.2 Å². The molecule has 1 saturated heterocycles. The first kappa shape index (κ1) is 22.1. The first-order valence-corrected chi connectivity index (χ1v) is 10.6. The van der Waals surface area contributed by atoms with Crippen LogP contribution in [-0.2, 0) is 4.79 Å². The Hall–Kier alpha value is -4.11. The third-order valence-corrected chi connectivity index (χ3v) is 5.49. The van der Waals surface area contributed by atoms with Crippen molar-refractivity contribution in [2.75, 3.05) is 25.4 Å². The van der Waals surface area contributed by atoms with Crippen molar-refractivity contribution in [3.8, 4) is 22.8 Å². The van der Waals surface area contributed by atoms with Gasteiger partial charge in [-0.2, -0.15) is 5.10 Å². The second-order valence-corrected chi connectivity index (χ2v) is 7.67. The standard InChI is InChI=1S/C24H25N5O4/c25-23-21(24(26)32)22(16-8-10-19(11-9-16)33-18-5-2-1-3-6-18)27-29(23)17-12-13-28(15-17)20(31)7-4-14-30/h1-11,17,30H,12-15,25H2,(H2,26,32)/b7-4-/t17-/m1/s1. The number of aliphatic hydroxyl groups excluding tert-OH is 1. The molecule has 9 heteroatoms. The van der Waals surface area contributed by atoms with Gasteiger partial charge in [-0.15, -0.1) is 0 Å². The minimum atomic E-state index is -0.671. The molecule has 0 radical (unpaired) electrons. The van der Waals surface area contributed by atoms with Crippen LogP contribution in [0.4, 0.5) is 5.82 Å². The van der Waals surface area contributed by atoms with E-state index in [2.05, 4.69) is 5.10 Å². The van der Waals surface area contributed by atoms with Crippen LogP contribution in [0.25, 0.3) is 11.3 Å². The number of para-hydroxylation sites is 1. The minimum absolute atomic E-state index is 0.150. The van der Waals surface area contributed by atoms with Crippen LogP contribution in [0.1, 0.15) is 22.8 Å². The number of likely N-dealkylation sites (tertiary alicyclic amines) is 1. The number of aromatic nitrogens is 2. The number of rotatable bonds is 7. The summed E-state index contributed by atoms with van der Waals surface area (Å²) in [5.41, 5.74) is 13.1. The van der Waals surface area contributed by atoms with Crippen molar-refractivity contribution >= 4 is 17.6 Å². The zero-order valence-electron chi connectivity index (χ0n) is 17.9. The Morgan fingerprint density at radius 1 is 1.12 bits per heavy atom. The third kappa shape index (κ3) is 4.73. The van der Waals surface area contributed by atoms with Crippen LogP contribution in [0.5, 0.6) is 11.5 Å². The Balaban J connectivity index is 1.58. The Bertz CT molecular complexity index is 1170. The molecular weight excluding hydrogens is 422 g/mol. The smallest absolute Gasteiger partial charge is 0.254 e. The van der Waals surface area contributed by atoms with Gasteiger partial charge in [0.05, 0.1) is 12.6 Å². The molecule has 3 aromatic rings. The number of nitrogens with two attached hydrogens (primary N) is 2. The Labute approximate surface area is 190 Å². The van der Waals surface area contributed by atoms with Gasteiger partial charge in [-0.05, 0) is 42.8 Å². The van der Waals surface area contributed by atoms with Gasteiger partial charge in [-0.25, -0.2) is 4.68 Å². The van der Waals surface area contributed by atoms with Gasteiger partial charge in [-0.1, -0.05) is 24.3 Å². The highest BCUT2D eigenvalue weighted by atomic mass is 16.5. The summed E-state index contributed by atoms with van der Waals surface area (Å²) in [5.74, 6) is 0.661. The molecule has 2 amide bonds. The van der Waals surface area contributed by atoms with E-state index >= 15 is 0 Å². The molecule has 5 N–H and O–H groups in total. The molecule has 1 atom stereocenters. The highest BCUT2D eigenvalue weighted by Gasteiger charge is 2.31. The van der Waals surface area contributed by atoms with Crippen LogP contribution in [0.15, 0.2) is 66.7 Å². The van der Waals surface area contributed by atoms with Gasteiger partial charge in [0, 0.05) is 24.7 Å². The van der Waals surface area contributed by atoms with Gasteiger partial charge in [0.15, 0.2) is 0 Å². The van der Waals surface area contributed by atoms with Crippen molar-refractivity contribution in [1.29, 1.82) is 0 Å². The summed E-state index contributed by atoms with van der Waals surface area (Å²) in [4.78, 5) is 26.1. The highest BCUT2D eigenvalue weighted by Crippen LogP contribution is 2.33. The van der Waals surface area contributed by atoms with Crippen molar-refractivity contribution in [2.24, 2.45) is 5.73 Å². The molecule has 1 aliphatic heterocycles. The number of benzene rings is 2. The van der Waals surface area contributed by atoms with Crippen LogP contribution in [0.3, 0.4) is 0 Å². The van der Waals surface area contributed by atoms with Gasteiger partial charge < -0.3 is 26.2 Å². The first-order valence-electron chi connectivity index (χ1n) is 10.6. The van der Waals surface area contributed by atoms with Crippen LogP contribution >= 0.6 is 0 Å². The molecule has 2 heterocycles. The zero-order valence-corrected chi connectivity index (χ0v) is 17.9. The summed E-state index contributed by atoms with van der Waals surface area (Å²) in [5, 5.41) is 13.5. The van der Waals surface area contributed by atoms with E-state index < -0.39 is 5.91 Å². The Morgan fingerprint density at radius 3 is 2.48 bits per heavy atom. The molecule has 33 heavy (non-hydrogen) atoms. The van der Waals surface area contributed by atoms with Gasteiger partial charge in [0.25, 0.3) is 5.91 Å². The lowest BCUT2D eigenvalue weighted by Crippen LogP contribution is -2.28. The molecule has 0 spiro atoms. The van der Waals surface area contributed by atoms with Gasteiger partial charge in [-0.3, -0.25) is 9.59 Å². The summed E-state index contributed by atoms with van der Waals surface area (Å²) < 4.78 is 7.39. The minimum Gasteiger partial charge on any atom is -0.457 e. The van der Waals surface area contributed by atoms with Crippen molar-refractivity contribution < 1.29 is 19.4 Å². The molecular formula is C24H25N5O4. The maximum Gasteiger partial charge on any atom is 0.254 e. The Kier molecular flexibility index (Phi) is 6.41. The number of amides is 2. The predicted octanol–water partition coefficient (Wildman–Crippen LogP) is 2.35. The number of aliphatic hydroxyl groups is 1. The van der Waals surface area contributed by atoms with Crippen LogP contribution in [0.2, 0.25) is 0 Å². The SMILES string of the molecule is NC(=O)c1c(-c2ccc(Oc3ccccc3)cc2)nn([C@@H]2CCN(C(=O)/C=C\CO)C2)c1N. The second kappa shape index (κ2) is 9.58. The normalized spacial score (nSPS) is 15.8. The number of ether oxygens (including phenoxy) is 1. The third-order valence-electron chi connectivity index (χ3n) is 5.49. The molecule has 1 fully saturated rings. The van der Waals surface area contributed by atoms with Gasteiger partial charge in [0.1, 0.15) is 28.6 Å². The molecule has 4 rings (SSSR count). The molecule has 0 unspecified atom stereocenters. The summed E-state index contributed by atoms with van der Waals surface area (Å²) in [6.45, 7) is 0.711. The van der Waals surface area contributed by atoms with E-state index in [0.717, 1.165) is 0 Å². The molecule has 0 saturated carbocycles. The number of primary amides is 1. The van der Waals surface area contributed by atoms with Crippen molar-refractivity contribution in [2.45, 2.75) is 12.5 Å². The molecule has 1 aliphatic rings. The number of carbonyl (C=O) groups is 2. The number of anilines is 1. The first-order chi connectivity index (χ1) is 16.0. The lowest BCUT2D eigenvalue weighted by atomic mass is 10.1. The molecule has 0 bridgehead atoms. The van der Waals surface area contributed by atoms with Gasteiger partial charge in [0.2, 0.25) is 5.91 Å². The zero-order chi connectivity index (χ0) is 23.4. The monoisotopic (exact) mass is 447 g/mol. The number of nitrogen functional groups attached to an aromatic ring is 1. The second-order valence-electron chi connectivity index (χ2n) is 7.67. The maximum atomic E-state index is 12.2. The van der Waals surface area contributed by atoms with Crippen LogP contribution in [0, 0.1) is 0 Å². The average Bonchev–Trinajstić information content (AvgIpc) is 3.43. The summed E-state index contributed by atoms with van der Waals surface area (Å²) in [6.07, 6.45) is 3.37. The quantitative estimate of drug-likeness (QED) is 0.476. The number of nitrogens with zero attached hydrogens (tertiary/aromatic N) is 3. The van der Waals surface area contributed by atoms with Crippen molar-refractivity contribution in [1.82, 2.24) is 14.7 Å². The van der Waals surface area contributed by atoms with Gasteiger partial charge >= 0.3 is 0 Å². The Morgan fingerprint density at radius 2 is 1.82 bits per heavy atom. The van der Waals surface area contributed by atoms with Crippen molar-refractivity contribution in [3.63, 3.8) is 0 Å². The van der Waals surface area contributed by atoms with E-state index in [0.29, 0.717) is 42.3 Å². The fourth-order valence-electron chi connectivity index (χ4n) is 3.88. The maximum absolute atomic E-state index is 12.2. The fraction of sp³-hybridized carbons (Fsp3) is 0.208. The topological polar surface area (TPSA) is 137 Å². The lowest BCUT2D eigenvalue weighted by Gasteiger charge is -2.15. The molecule has 1 aromatic heterocycles. The van der Waals surface area contributed by atoms with E-state index in [1.54, 1.807) is 33.8 Å².